The molecule has 1 aliphatic heterocycles. The van der Waals surface area contributed by atoms with Crippen LogP contribution in [0, 0.1) is 11.6 Å². The van der Waals surface area contributed by atoms with Crippen molar-refractivity contribution in [3.63, 3.8) is 0 Å². The second-order valence-corrected chi connectivity index (χ2v) is 6.98. The Morgan fingerprint density at radius 1 is 1.07 bits per heavy atom. The van der Waals surface area contributed by atoms with Gasteiger partial charge < -0.3 is 15.1 Å². The molecule has 0 saturated carbocycles. The molecule has 1 N–H and O–H groups in total. The van der Waals surface area contributed by atoms with Gasteiger partial charge in [-0.2, -0.15) is 0 Å². The quantitative estimate of drug-likeness (QED) is 0.862. The number of amides is 3. The van der Waals surface area contributed by atoms with Gasteiger partial charge in [0.25, 0.3) is 0 Å². The van der Waals surface area contributed by atoms with Crippen LogP contribution in [0.2, 0.25) is 0 Å². The van der Waals surface area contributed by atoms with Gasteiger partial charge in [0.15, 0.2) is 0 Å². The van der Waals surface area contributed by atoms with Crippen molar-refractivity contribution < 1.29 is 18.4 Å². The monoisotopic (exact) mass is 387 g/mol. The molecule has 7 heteroatoms. The first kappa shape index (κ1) is 19.8. The number of carbonyl (C=O) groups excluding carboxylic acids is 2. The van der Waals surface area contributed by atoms with Crippen molar-refractivity contribution in [2.24, 2.45) is 0 Å². The minimum atomic E-state index is -0.588. The molecule has 0 radical (unpaired) electrons. The van der Waals surface area contributed by atoms with Gasteiger partial charge in [-0.05, 0) is 48.2 Å². The lowest BCUT2D eigenvalue weighted by atomic mass is 10.0. The van der Waals surface area contributed by atoms with E-state index in [9.17, 15) is 18.4 Å². The van der Waals surface area contributed by atoms with Crippen molar-refractivity contribution in [1.82, 2.24) is 9.80 Å². The molecule has 28 heavy (non-hydrogen) atoms. The predicted molar refractivity (Wildman–Crippen MR) is 104 cm³/mol. The van der Waals surface area contributed by atoms with Gasteiger partial charge in [0.2, 0.25) is 5.91 Å². The van der Waals surface area contributed by atoms with Crippen LogP contribution in [-0.4, -0.2) is 47.9 Å². The third kappa shape index (κ3) is 4.47. The number of hydrogen-bond acceptors (Lipinski definition) is 2. The average molecular weight is 387 g/mol. The predicted octanol–water partition coefficient (Wildman–Crippen LogP) is 4.11. The van der Waals surface area contributed by atoms with Gasteiger partial charge in [0, 0.05) is 33.1 Å². The molecular formula is C21H23F2N3O2. The number of urea groups is 1. The van der Waals surface area contributed by atoms with E-state index in [0.29, 0.717) is 37.1 Å². The summed E-state index contributed by atoms with van der Waals surface area (Å²) in [5.41, 5.74) is 1.16. The maximum Gasteiger partial charge on any atom is 0.321 e. The van der Waals surface area contributed by atoms with Crippen LogP contribution >= 0.6 is 0 Å². The summed E-state index contributed by atoms with van der Waals surface area (Å²) in [7, 11) is 1.67. The van der Waals surface area contributed by atoms with Gasteiger partial charge in [-0.25, -0.2) is 13.6 Å². The summed E-state index contributed by atoms with van der Waals surface area (Å²) in [4.78, 5) is 27.2. The minimum Gasteiger partial charge on any atom is -0.343 e. The van der Waals surface area contributed by atoms with E-state index in [1.165, 1.54) is 31.2 Å². The van der Waals surface area contributed by atoms with Gasteiger partial charge in [0.1, 0.15) is 11.6 Å². The topological polar surface area (TPSA) is 52.7 Å². The molecule has 0 atom stereocenters. The molecule has 0 spiro atoms. The molecule has 148 valence electrons. The minimum absolute atomic E-state index is 0.00905. The van der Waals surface area contributed by atoms with Crippen LogP contribution in [0.5, 0.6) is 0 Å². The highest BCUT2D eigenvalue weighted by atomic mass is 19.1. The fraction of sp³-hybridized carbons (Fsp3) is 0.333. The van der Waals surface area contributed by atoms with Crippen LogP contribution in [0.3, 0.4) is 0 Å². The molecule has 1 heterocycles. The zero-order valence-electron chi connectivity index (χ0n) is 15.9. The van der Waals surface area contributed by atoms with Gasteiger partial charge in [-0.3, -0.25) is 4.79 Å². The second-order valence-electron chi connectivity index (χ2n) is 6.98. The Morgan fingerprint density at radius 2 is 1.75 bits per heavy atom. The van der Waals surface area contributed by atoms with Crippen LogP contribution in [0.15, 0.2) is 42.5 Å². The molecule has 0 bridgehead atoms. The number of hydrogen-bond donors (Lipinski definition) is 1. The summed E-state index contributed by atoms with van der Waals surface area (Å²) in [5, 5.41) is 2.59. The molecule has 0 aliphatic carbocycles. The van der Waals surface area contributed by atoms with Crippen molar-refractivity contribution in [3.05, 3.63) is 54.1 Å². The fourth-order valence-corrected chi connectivity index (χ4v) is 3.40. The van der Waals surface area contributed by atoms with E-state index in [2.05, 4.69) is 5.32 Å². The number of halogens is 2. The van der Waals surface area contributed by atoms with E-state index >= 15 is 0 Å². The molecule has 1 aliphatic rings. The Hall–Kier alpha value is -2.96. The van der Waals surface area contributed by atoms with Crippen LogP contribution in [0.25, 0.3) is 11.1 Å². The summed E-state index contributed by atoms with van der Waals surface area (Å²) < 4.78 is 27.8. The summed E-state index contributed by atoms with van der Waals surface area (Å²) in [5.74, 6) is -0.950. The van der Waals surface area contributed by atoms with E-state index in [0.717, 1.165) is 0 Å². The third-order valence-electron chi connectivity index (χ3n) is 5.15. The van der Waals surface area contributed by atoms with Crippen molar-refractivity contribution in [1.29, 1.82) is 0 Å². The molecule has 2 aromatic carbocycles. The highest BCUT2D eigenvalue weighted by Crippen LogP contribution is 2.25. The van der Waals surface area contributed by atoms with Gasteiger partial charge in [-0.1, -0.05) is 18.2 Å². The number of carbonyl (C=O) groups is 2. The number of nitrogens with one attached hydrogen (secondary N) is 1. The van der Waals surface area contributed by atoms with Crippen LogP contribution in [-0.2, 0) is 4.79 Å². The zero-order valence-corrected chi connectivity index (χ0v) is 15.9. The normalized spacial score (nSPS) is 14.6. The molecule has 5 nitrogen and oxygen atoms in total. The van der Waals surface area contributed by atoms with Gasteiger partial charge in [0.05, 0.1) is 5.69 Å². The van der Waals surface area contributed by atoms with Crippen LogP contribution in [0.4, 0.5) is 19.3 Å². The Bertz CT molecular complexity index is 880. The molecule has 1 saturated heterocycles. The second kappa shape index (κ2) is 8.37. The largest absolute Gasteiger partial charge is 0.343 e. The highest BCUT2D eigenvalue weighted by Gasteiger charge is 2.26. The third-order valence-corrected chi connectivity index (χ3v) is 5.15. The number of anilines is 1. The SMILES string of the molecule is CC(=O)N1CCC(N(C)C(=O)Nc2ccc(-c3cccc(F)c3)cc2F)CC1. The summed E-state index contributed by atoms with van der Waals surface area (Å²) >= 11 is 0. The Balaban J connectivity index is 1.65. The molecular weight excluding hydrogens is 364 g/mol. The Morgan fingerprint density at radius 3 is 2.36 bits per heavy atom. The van der Waals surface area contributed by atoms with Gasteiger partial charge in [-0.15, -0.1) is 0 Å². The molecule has 2 aromatic rings. The standard InChI is InChI=1S/C21H23F2N3O2/c1-14(27)26-10-8-18(9-11-26)25(2)21(28)24-20-7-6-16(13-19(20)23)15-4-3-5-17(22)12-15/h3-7,12-13,18H,8-11H2,1-2H3,(H,24,28). The molecule has 1 fully saturated rings. The van der Waals surface area contributed by atoms with E-state index < -0.39 is 17.7 Å². The average Bonchev–Trinajstić information content (AvgIpc) is 2.69. The van der Waals surface area contributed by atoms with Crippen molar-refractivity contribution in [2.45, 2.75) is 25.8 Å². The first-order chi connectivity index (χ1) is 13.3. The smallest absolute Gasteiger partial charge is 0.321 e. The van der Waals surface area contributed by atoms with Crippen molar-refractivity contribution in [2.75, 3.05) is 25.5 Å². The first-order valence-corrected chi connectivity index (χ1v) is 9.20. The Labute approximate surface area is 162 Å². The van der Waals surface area contributed by atoms with E-state index in [-0.39, 0.29) is 17.6 Å². The van der Waals surface area contributed by atoms with E-state index in [1.54, 1.807) is 35.0 Å². The number of likely N-dealkylation sites (tertiary alicyclic amines) is 1. The summed E-state index contributed by atoms with van der Waals surface area (Å²) in [6.45, 7) is 2.75. The number of benzene rings is 2. The molecule has 3 rings (SSSR count). The van der Waals surface area contributed by atoms with Crippen LogP contribution in [0.1, 0.15) is 19.8 Å². The fourth-order valence-electron chi connectivity index (χ4n) is 3.40. The lowest BCUT2D eigenvalue weighted by molar-refractivity contribution is -0.130. The molecule has 0 unspecified atom stereocenters. The van der Waals surface area contributed by atoms with Gasteiger partial charge >= 0.3 is 6.03 Å². The van der Waals surface area contributed by atoms with Crippen molar-refractivity contribution >= 4 is 17.6 Å². The molecule has 3 amide bonds. The number of piperidine rings is 1. The Kier molecular flexibility index (Phi) is 5.92. The van der Waals surface area contributed by atoms with Crippen LogP contribution < -0.4 is 5.32 Å². The summed E-state index contributed by atoms with van der Waals surface area (Å²) in [6, 6.07) is 9.87. The van der Waals surface area contributed by atoms with Crippen molar-refractivity contribution in [3.8, 4) is 11.1 Å². The lowest BCUT2D eigenvalue weighted by Gasteiger charge is -2.36. The number of nitrogens with zero attached hydrogens (tertiary/aromatic N) is 2. The highest BCUT2D eigenvalue weighted by molar-refractivity contribution is 5.90. The zero-order chi connectivity index (χ0) is 20.3. The summed E-state index contributed by atoms with van der Waals surface area (Å²) in [6.07, 6.45) is 1.37. The number of rotatable bonds is 3. The maximum atomic E-state index is 14.5. The van der Waals surface area contributed by atoms with E-state index in [1.807, 2.05) is 0 Å². The van der Waals surface area contributed by atoms with E-state index in [4.69, 9.17) is 0 Å². The maximum absolute atomic E-state index is 14.5. The lowest BCUT2D eigenvalue weighted by Crippen LogP contribution is -2.48. The first-order valence-electron chi connectivity index (χ1n) is 9.20. The molecule has 0 aromatic heterocycles.